The molecule has 6 heterocycles. The fourth-order valence-corrected chi connectivity index (χ4v) is 20.1. The van der Waals surface area contributed by atoms with Crippen molar-refractivity contribution in [2.45, 2.75) is 443 Å². The Labute approximate surface area is 781 Å². The maximum atomic E-state index is 13.7. The van der Waals surface area contributed by atoms with Gasteiger partial charge in [-0.05, 0) is 309 Å². The number of esters is 2. The summed E-state index contributed by atoms with van der Waals surface area (Å²) in [5, 5.41) is 49.7. The summed E-state index contributed by atoms with van der Waals surface area (Å²) in [5.74, 6) is -2.32. The molecule has 6 aliphatic heterocycles. The van der Waals surface area contributed by atoms with E-state index in [4.69, 9.17) is 62.7 Å². The Morgan fingerprint density at radius 3 is 1.10 bits per heavy atom. The maximum absolute atomic E-state index is 13.7. The molecule has 0 bridgehead atoms. The standard InChI is InChI=1S/C33H51BN2O7.C26H45BN2O7.C23H36BNO4.C15H27BN2O5/c1-30(2,3)41-29(39)36-21-13-16-26(36)27(37)35-25-17-19-33(22-25,28(38)40-23-24-14-9-8-10-15-24)18-11-12-20-34-42-31(4,5)32(6,7)43-34;1-23(2,3)34-22(33)29-16-10-11-19(29)20(30)28-18-12-14-26(17-18,21(31)32)13-8-9-15-27-35-24(4,5)25(6,7)36-27;1-21(2)22(3,4)29-24(28-21)15-9-8-13-23(14-12-19(25)16-23)20(26)27-17-18-10-6-5-7-11-18;19-13(12-4-3-9-17-12)18-11-5-7-15(10-11,14(20)21)6-1-2-8-16(22)23/h8-10,14-15,25-26H,11-13,16-23H2,1-7H3,(H,35,37);18-19H,8-17H2,1-7H3,(H,28,30)(H,31,32);5-7,10-11,19H,8-9,12-17,25H2,1-4H3;11-12,17,22-23H,1-10H2,(H,18,19)(H,20,21)/t25-,26?,33+;18-,19?,26+;19-,23+;11-,12-,15+/m0000/s1. The van der Waals surface area contributed by atoms with Crippen molar-refractivity contribution in [2.24, 2.45) is 27.4 Å². The minimum atomic E-state index is -1.33. The number of amides is 5. The fraction of sp³-hybridized carbons (Fsp3) is 0.784. The van der Waals surface area contributed by atoms with E-state index in [9.17, 15) is 53.4 Å². The molecule has 10 aliphatic rings. The van der Waals surface area contributed by atoms with Crippen LogP contribution in [0.1, 0.15) is 328 Å². The number of carbonyl (C=O) groups is 9. The number of hydrogen-bond donors (Lipinski definition) is 9. The number of likely N-dealkylation sites (tertiary alicyclic amines) is 2. The first-order valence-electron chi connectivity index (χ1n) is 48.9. The molecule has 6 saturated heterocycles. The predicted molar refractivity (Wildman–Crippen MR) is 503 cm³/mol. The summed E-state index contributed by atoms with van der Waals surface area (Å²) in [7, 11) is -2.04. The normalized spacial score (nSPS) is 28.3. The second-order valence-electron chi connectivity index (χ2n) is 44.0. The molecule has 732 valence electrons. The SMILES string of the molecule is CC(C)(C)OC(=O)N1CCCC1C(=O)N[C@H]1CC[C@@](CCCCB2OC(C)(C)C(C)(C)O2)(C(=O)O)C1.CC(C)(C)OC(=O)N1CCCC1C(=O)N[C@H]1CC[C@@](CCCCB2OC(C)(C)C(C)(C)O2)(C(=O)OCc2ccccc2)C1.CC1(C)OB(CCCC[C@@]2(C(=O)OCc3ccccc3)CC[C@H](N)C2)OC1(C)C.O=C(N[C@H]1CC[C@@](CCCCB(O)O)(C(=O)O)C1)[C@@H]1CCCN1. The first-order valence-corrected chi connectivity index (χ1v) is 48.9. The topological polar surface area (TPSA) is 407 Å². The van der Waals surface area contributed by atoms with Crippen LogP contribution in [0.5, 0.6) is 0 Å². The predicted octanol–water partition coefficient (Wildman–Crippen LogP) is 15.0. The van der Waals surface area contributed by atoms with E-state index < -0.39 is 76.2 Å². The summed E-state index contributed by atoms with van der Waals surface area (Å²) in [4.78, 5) is 118. The van der Waals surface area contributed by atoms with Gasteiger partial charge in [0.15, 0.2) is 0 Å². The summed E-state index contributed by atoms with van der Waals surface area (Å²) >= 11 is 0. The summed E-state index contributed by atoms with van der Waals surface area (Å²) in [6.07, 6.45) is 22.6. The van der Waals surface area contributed by atoms with Crippen LogP contribution in [-0.2, 0) is 93.6 Å². The monoisotopic (exact) mass is 1830 g/mol. The Bertz CT molecular complexity index is 4040. The Morgan fingerprint density at radius 1 is 0.443 bits per heavy atom. The molecule has 0 radical (unpaired) electrons. The molecule has 34 heteroatoms. The average Bonchev–Trinajstić information content (AvgIpc) is 1.63. The average molecular weight is 1830 g/mol. The highest BCUT2D eigenvalue weighted by molar-refractivity contribution is 6.46. The summed E-state index contributed by atoms with van der Waals surface area (Å²) in [6.45, 7) is 37.9. The minimum absolute atomic E-state index is 0.0166. The number of hydrogen-bond acceptors (Lipinski definition) is 23. The van der Waals surface area contributed by atoms with E-state index in [0.717, 1.165) is 127 Å². The van der Waals surface area contributed by atoms with Crippen molar-refractivity contribution in [3.8, 4) is 0 Å². The van der Waals surface area contributed by atoms with Gasteiger partial charge in [0.1, 0.15) is 36.5 Å². The highest BCUT2D eigenvalue weighted by atomic mass is 16.7. The van der Waals surface area contributed by atoms with E-state index in [1.54, 1.807) is 20.8 Å². The van der Waals surface area contributed by atoms with Crippen LogP contribution in [-0.4, -0.2) is 219 Å². The first kappa shape index (κ1) is 108. The molecule has 2 aromatic rings. The second kappa shape index (κ2) is 45.9. The molecule has 10 N–H and O–H groups in total. The summed E-state index contributed by atoms with van der Waals surface area (Å²) in [5.41, 5.74) is 2.07. The lowest BCUT2D eigenvalue weighted by molar-refractivity contribution is -0.158. The van der Waals surface area contributed by atoms with Crippen molar-refractivity contribution in [3.63, 3.8) is 0 Å². The van der Waals surface area contributed by atoms with Crippen LogP contribution >= 0.6 is 0 Å². The van der Waals surface area contributed by atoms with Gasteiger partial charge in [0.05, 0.1) is 61.3 Å². The van der Waals surface area contributed by atoms with Crippen molar-refractivity contribution in [1.29, 1.82) is 0 Å². The molecular formula is C97H159B4N7O23. The van der Waals surface area contributed by atoms with Gasteiger partial charge in [0, 0.05) is 37.3 Å². The highest BCUT2D eigenvalue weighted by Crippen LogP contribution is 2.50. The molecule has 11 atom stereocenters. The van der Waals surface area contributed by atoms with Crippen LogP contribution in [0.3, 0.4) is 0 Å². The number of unbranched alkanes of at least 4 members (excludes halogenated alkanes) is 4. The Balaban J connectivity index is 0.000000201. The second-order valence-corrected chi connectivity index (χ2v) is 44.0. The Kier molecular flexibility index (Phi) is 37.7. The van der Waals surface area contributed by atoms with E-state index in [2.05, 4.69) is 76.7 Å². The summed E-state index contributed by atoms with van der Waals surface area (Å²) < 4.78 is 59.2. The number of carboxylic acid groups (broad SMARTS) is 2. The van der Waals surface area contributed by atoms with Crippen LogP contribution in [0.2, 0.25) is 25.3 Å². The first-order chi connectivity index (χ1) is 61.2. The van der Waals surface area contributed by atoms with E-state index in [1.807, 2.05) is 109 Å². The maximum Gasteiger partial charge on any atom is 0.457 e. The van der Waals surface area contributed by atoms with Gasteiger partial charge in [-0.2, -0.15) is 0 Å². The number of rotatable bonds is 34. The number of carboxylic acids is 2. The molecule has 131 heavy (non-hydrogen) atoms. The van der Waals surface area contributed by atoms with Gasteiger partial charge in [-0.25, -0.2) is 9.59 Å². The number of nitrogens with one attached hydrogen (secondary N) is 4. The van der Waals surface area contributed by atoms with Crippen molar-refractivity contribution in [2.75, 3.05) is 19.6 Å². The van der Waals surface area contributed by atoms with E-state index in [0.29, 0.717) is 122 Å². The minimum Gasteiger partial charge on any atom is -0.481 e. The van der Waals surface area contributed by atoms with Crippen LogP contribution in [0.15, 0.2) is 60.7 Å². The van der Waals surface area contributed by atoms with Gasteiger partial charge in [0.2, 0.25) is 17.7 Å². The van der Waals surface area contributed by atoms with E-state index in [1.165, 1.54) is 9.80 Å². The molecule has 2 unspecified atom stereocenters. The largest absolute Gasteiger partial charge is 0.481 e. The van der Waals surface area contributed by atoms with Gasteiger partial charge in [-0.15, -0.1) is 0 Å². The van der Waals surface area contributed by atoms with Gasteiger partial charge < -0.3 is 94.1 Å². The zero-order valence-electron chi connectivity index (χ0n) is 82.2. The number of nitrogens with two attached hydrogens (primary N) is 1. The molecule has 10 fully saturated rings. The molecule has 2 aromatic carbocycles. The van der Waals surface area contributed by atoms with Crippen LogP contribution in [0, 0.1) is 21.7 Å². The molecule has 4 aliphatic carbocycles. The quantitative estimate of drug-likeness (QED) is 0.0136. The molecule has 0 aromatic heterocycles. The van der Waals surface area contributed by atoms with E-state index >= 15 is 0 Å². The lowest BCUT2D eigenvalue weighted by atomic mass is 9.77. The molecule has 4 saturated carbocycles. The highest BCUT2D eigenvalue weighted by Gasteiger charge is 2.56. The van der Waals surface area contributed by atoms with Crippen LogP contribution < -0.4 is 27.0 Å². The van der Waals surface area contributed by atoms with Crippen LogP contribution in [0.25, 0.3) is 0 Å². The molecule has 5 amide bonds. The number of aliphatic carboxylic acids is 2. The molecular weight excluding hydrogens is 1670 g/mol. The molecule has 0 spiro atoms. The molecule has 30 nitrogen and oxygen atoms in total. The van der Waals surface area contributed by atoms with Gasteiger partial charge in [-0.1, -0.05) is 112 Å². The van der Waals surface area contributed by atoms with Gasteiger partial charge >= 0.3 is 64.5 Å². The van der Waals surface area contributed by atoms with Gasteiger partial charge in [-0.3, -0.25) is 43.4 Å². The number of benzene rings is 2. The third-order valence-electron chi connectivity index (χ3n) is 29.8. The Hall–Kier alpha value is -6.87. The van der Waals surface area contributed by atoms with Crippen molar-refractivity contribution in [3.05, 3.63) is 71.8 Å². The Morgan fingerprint density at radius 2 is 0.771 bits per heavy atom. The van der Waals surface area contributed by atoms with E-state index in [-0.39, 0.29) is 128 Å². The smallest absolute Gasteiger partial charge is 0.457 e. The number of nitrogens with zero attached hydrogens (tertiary/aromatic N) is 2. The third-order valence-corrected chi connectivity index (χ3v) is 29.8. The van der Waals surface area contributed by atoms with Gasteiger partial charge in [0.25, 0.3) is 0 Å². The van der Waals surface area contributed by atoms with Crippen molar-refractivity contribution < 1.29 is 110 Å². The van der Waals surface area contributed by atoms with Crippen molar-refractivity contribution >= 4 is 82.3 Å². The zero-order chi connectivity index (χ0) is 96.4. The van der Waals surface area contributed by atoms with Crippen LogP contribution in [0.4, 0.5) is 9.59 Å². The lowest BCUT2D eigenvalue weighted by Crippen LogP contribution is -2.49. The number of carbonyl (C=O) groups excluding carboxylic acids is 7. The fourth-order valence-electron chi connectivity index (χ4n) is 20.1. The summed E-state index contributed by atoms with van der Waals surface area (Å²) in [6, 6.07) is 17.9. The lowest BCUT2D eigenvalue weighted by Gasteiger charge is -2.32. The number of ether oxygens (including phenoxy) is 4. The molecule has 12 rings (SSSR count). The third kappa shape index (κ3) is 30.1. The van der Waals surface area contributed by atoms with Crippen molar-refractivity contribution in [1.82, 2.24) is 31.1 Å². The zero-order valence-corrected chi connectivity index (χ0v) is 82.2.